The number of hydrogen-bond acceptors (Lipinski definition) is 5. The third kappa shape index (κ3) is 2.46. The van der Waals surface area contributed by atoms with Crippen molar-refractivity contribution in [2.75, 3.05) is 14.2 Å². The molecule has 0 N–H and O–H groups in total. The topological polar surface area (TPSA) is 57.7 Å². The molecule has 15 heavy (non-hydrogen) atoms. The van der Waals surface area contributed by atoms with E-state index in [1.54, 1.807) is 6.07 Å². The molecule has 0 aliphatic rings. The van der Waals surface area contributed by atoms with Gasteiger partial charge in [0.1, 0.15) is 5.56 Å². The van der Waals surface area contributed by atoms with E-state index in [0.717, 1.165) is 6.26 Å². The summed E-state index contributed by atoms with van der Waals surface area (Å²) < 4.78 is 14.4. The summed E-state index contributed by atoms with van der Waals surface area (Å²) in [4.78, 5) is 15.3. The van der Waals surface area contributed by atoms with Crippen LogP contribution in [0.3, 0.4) is 0 Å². The van der Waals surface area contributed by atoms with Crippen molar-refractivity contribution in [1.29, 1.82) is 0 Å². The number of hydrogen-bond donors (Lipinski definition) is 0. The highest BCUT2D eigenvalue weighted by Crippen LogP contribution is 2.20. The maximum absolute atomic E-state index is 11.4. The van der Waals surface area contributed by atoms with E-state index in [1.165, 1.54) is 20.3 Å². The summed E-state index contributed by atoms with van der Waals surface area (Å²) in [6, 6.07) is 3.05. The van der Waals surface area contributed by atoms with Crippen LogP contribution in [0.4, 0.5) is 0 Å². The van der Waals surface area contributed by atoms with E-state index in [2.05, 4.69) is 16.3 Å². The van der Waals surface area contributed by atoms with Gasteiger partial charge in [-0.1, -0.05) is 6.58 Å². The summed E-state index contributed by atoms with van der Waals surface area (Å²) in [6.07, 6.45) is 1.05. The first kappa shape index (κ1) is 11.0. The Balaban J connectivity index is 3.06. The monoisotopic (exact) mass is 209 g/mol. The van der Waals surface area contributed by atoms with Crippen LogP contribution in [0.1, 0.15) is 10.4 Å². The van der Waals surface area contributed by atoms with E-state index in [0.29, 0.717) is 5.88 Å². The van der Waals surface area contributed by atoms with Crippen LogP contribution in [0.15, 0.2) is 25.0 Å². The molecule has 0 amide bonds. The Morgan fingerprint density at radius 2 is 2.13 bits per heavy atom. The fourth-order valence-electron chi connectivity index (χ4n) is 0.987. The molecule has 1 aromatic rings. The normalized spacial score (nSPS) is 9.20. The highest BCUT2D eigenvalue weighted by molar-refractivity contribution is 5.92. The first-order valence-electron chi connectivity index (χ1n) is 4.13. The average molecular weight is 209 g/mol. The molecule has 0 saturated heterocycles. The van der Waals surface area contributed by atoms with E-state index in [1.807, 2.05) is 0 Å². The summed E-state index contributed by atoms with van der Waals surface area (Å²) in [6.45, 7) is 3.29. The number of aromatic nitrogens is 1. The van der Waals surface area contributed by atoms with Crippen LogP contribution in [0.2, 0.25) is 0 Å². The van der Waals surface area contributed by atoms with Gasteiger partial charge in [0.15, 0.2) is 0 Å². The van der Waals surface area contributed by atoms with E-state index in [-0.39, 0.29) is 11.4 Å². The van der Waals surface area contributed by atoms with Gasteiger partial charge in [0.25, 0.3) is 0 Å². The second-order valence-corrected chi connectivity index (χ2v) is 2.48. The van der Waals surface area contributed by atoms with E-state index < -0.39 is 5.97 Å². The van der Waals surface area contributed by atoms with Crippen molar-refractivity contribution in [3.8, 4) is 11.8 Å². The predicted molar refractivity (Wildman–Crippen MR) is 53.0 cm³/mol. The molecular weight excluding hydrogens is 198 g/mol. The highest BCUT2D eigenvalue weighted by Gasteiger charge is 2.15. The van der Waals surface area contributed by atoms with Gasteiger partial charge >= 0.3 is 5.97 Å². The van der Waals surface area contributed by atoms with Crippen LogP contribution >= 0.6 is 0 Å². The molecule has 0 bridgehead atoms. The summed E-state index contributed by atoms with van der Waals surface area (Å²) in [5, 5.41) is 0. The van der Waals surface area contributed by atoms with Gasteiger partial charge in [-0.3, -0.25) is 0 Å². The van der Waals surface area contributed by atoms with Gasteiger partial charge in [-0.2, -0.15) is 4.98 Å². The Labute approximate surface area is 87.3 Å². The number of rotatable bonds is 4. The summed E-state index contributed by atoms with van der Waals surface area (Å²) in [5.41, 5.74) is 0.221. The van der Waals surface area contributed by atoms with Crippen LogP contribution in [-0.2, 0) is 4.74 Å². The molecule has 0 unspecified atom stereocenters. The van der Waals surface area contributed by atoms with Crippen molar-refractivity contribution < 1.29 is 19.0 Å². The number of esters is 1. The molecule has 1 rings (SSSR count). The molecule has 0 spiro atoms. The SMILES string of the molecule is C=COC(=O)c1ccc(OC)nc1OC. The van der Waals surface area contributed by atoms with Gasteiger partial charge in [-0.25, -0.2) is 4.79 Å². The van der Waals surface area contributed by atoms with Crippen LogP contribution in [-0.4, -0.2) is 25.2 Å². The van der Waals surface area contributed by atoms with Gasteiger partial charge in [0.05, 0.1) is 20.5 Å². The number of ether oxygens (including phenoxy) is 3. The molecule has 5 nitrogen and oxygen atoms in total. The van der Waals surface area contributed by atoms with E-state index >= 15 is 0 Å². The van der Waals surface area contributed by atoms with E-state index in [9.17, 15) is 4.79 Å². The number of methoxy groups -OCH3 is 2. The molecule has 1 aromatic heterocycles. The lowest BCUT2D eigenvalue weighted by Gasteiger charge is -2.06. The largest absolute Gasteiger partial charge is 0.481 e. The molecule has 80 valence electrons. The zero-order valence-electron chi connectivity index (χ0n) is 8.52. The molecule has 0 atom stereocenters. The lowest BCUT2D eigenvalue weighted by molar-refractivity contribution is 0.0659. The lowest BCUT2D eigenvalue weighted by Crippen LogP contribution is -2.05. The summed E-state index contributed by atoms with van der Waals surface area (Å²) in [7, 11) is 2.88. The Kier molecular flexibility index (Phi) is 3.68. The first-order chi connectivity index (χ1) is 7.22. The number of pyridine rings is 1. The third-order valence-electron chi connectivity index (χ3n) is 1.65. The van der Waals surface area contributed by atoms with Crippen molar-refractivity contribution in [3.63, 3.8) is 0 Å². The van der Waals surface area contributed by atoms with Gasteiger partial charge < -0.3 is 14.2 Å². The quantitative estimate of drug-likeness (QED) is 0.554. The summed E-state index contributed by atoms with van der Waals surface area (Å²) in [5.74, 6) is -0.0554. The maximum atomic E-state index is 11.4. The smallest absolute Gasteiger partial charge is 0.348 e. The molecule has 0 radical (unpaired) electrons. The van der Waals surface area contributed by atoms with Gasteiger partial charge in [-0.05, 0) is 6.07 Å². The molecule has 5 heteroatoms. The van der Waals surface area contributed by atoms with Crippen molar-refractivity contribution in [1.82, 2.24) is 4.98 Å². The molecule has 0 aliphatic heterocycles. The lowest BCUT2D eigenvalue weighted by atomic mass is 10.3. The zero-order valence-corrected chi connectivity index (χ0v) is 8.52. The van der Waals surface area contributed by atoms with Crippen LogP contribution in [0.25, 0.3) is 0 Å². The Hall–Kier alpha value is -2.04. The molecule has 0 saturated carbocycles. The molecule has 0 fully saturated rings. The van der Waals surface area contributed by atoms with Crippen LogP contribution < -0.4 is 9.47 Å². The average Bonchev–Trinajstić information content (AvgIpc) is 2.28. The molecule has 0 aliphatic carbocycles. The Bertz CT molecular complexity index is 376. The molecule has 1 heterocycles. The minimum absolute atomic E-state index is 0.154. The molecule has 0 aromatic carbocycles. The van der Waals surface area contributed by atoms with Gasteiger partial charge in [-0.15, -0.1) is 0 Å². The number of carbonyl (C=O) groups is 1. The van der Waals surface area contributed by atoms with Crippen molar-refractivity contribution in [2.45, 2.75) is 0 Å². The fourth-order valence-corrected chi connectivity index (χ4v) is 0.987. The first-order valence-corrected chi connectivity index (χ1v) is 4.13. The molecular formula is C10H11NO4. The van der Waals surface area contributed by atoms with Crippen LogP contribution in [0, 0.1) is 0 Å². The van der Waals surface area contributed by atoms with Crippen molar-refractivity contribution >= 4 is 5.97 Å². The highest BCUT2D eigenvalue weighted by atomic mass is 16.5. The Morgan fingerprint density at radius 1 is 1.40 bits per heavy atom. The summed E-state index contributed by atoms with van der Waals surface area (Å²) >= 11 is 0. The zero-order chi connectivity index (χ0) is 11.3. The number of nitrogens with zero attached hydrogens (tertiary/aromatic N) is 1. The minimum Gasteiger partial charge on any atom is -0.481 e. The Morgan fingerprint density at radius 3 is 2.67 bits per heavy atom. The second kappa shape index (κ2) is 4.99. The van der Waals surface area contributed by atoms with Gasteiger partial charge in [0, 0.05) is 6.07 Å². The van der Waals surface area contributed by atoms with Crippen molar-refractivity contribution in [2.24, 2.45) is 0 Å². The fraction of sp³-hybridized carbons (Fsp3) is 0.200. The maximum Gasteiger partial charge on any atom is 0.348 e. The van der Waals surface area contributed by atoms with Crippen LogP contribution in [0.5, 0.6) is 11.8 Å². The van der Waals surface area contributed by atoms with E-state index in [4.69, 9.17) is 9.47 Å². The third-order valence-corrected chi connectivity index (χ3v) is 1.65. The minimum atomic E-state index is -0.572. The predicted octanol–water partition coefficient (Wildman–Crippen LogP) is 1.40. The number of carbonyl (C=O) groups excluding carboxylic acids is 1. The van der Waals surface area contributed by atoms with Gasteiger partial charge in [0.2, 0.25) is 11.8 Å². The standard InChI is InChI=1S/C10H11NO4/c1-4-15-10(12)7-5-6-8(13-2)11-9(7)14-3/h4-6H,1H2,2-3H3. The second-order valence-electron chi connectivity index (χ2n) is 2.48. The van der Waals surface area contributed by atoms with Crippen molar-refractivity contribution in [3.05, 3.63) is 30.5 Å².